The van der Waals surface area contributed by atoms with Gasteiger partial charge in [-0.15, -0.1) is 0 Å². The average Bonchev–Trinajstić information content (AvgIpc) is 2.41. The van der Waals surface area contributed by atoms with E-state index in [0.717, 1.165) is 31.0 Å². The Morgan fingerprint density at radius 2 is 1.89 bits per heavy atom. The SMILES string of the molecule is Oc1ccc2c(c1)CCCN2Cc1ccc(Cl)cc1. The van der Waals surface area contributed by atoms with Crippen LogP contribution in [0.15, 0.2) is 42.5 Å². The third-order valence-corrected chi connectivity index (χ3v) is 3.82. The third-order valence-electron chi connectivity index (χ3n) is 3.56. The summed E-state index contributed by atoms with van der Waals surface area (Å²) in [4.78, 5) is 2.36. The number of aryl methyl sites for hydroxylation is 1. The molecule has 0 amide bonds. The van der Waals surface area contributed by atoms with Crippen molar-refractivity contribution in [3.05, 3.63) is 58.6 Å². The van der Waals surface area contributed by atoms with E-state index in [4.69, 9.17) is 11.6 Å². The topological polar surface area (TPSA) is 23.5 Å². The molecule has 0 unspecified atom stereocenters. The van der Waals surface area contributed by atoms with Crippen LogP contribution < -0.4 is 4.90 Å². The summed E-state index contributed by atoms with van der Waals surface area (Å²) >= 11 is 5.91. The molecule has 98 valence electrons. The molecule has 0 bridgehead atoms. The number of anilines is 1. The average molecular weight is 274 g/mol. The summed E-state index contributed by atoms with van der Waals surface area (Å²) in [6.45, 7) is 1.94. The van der Waals surface area contributed by atoms with Gasteiger partial charge < -0.3 is 10.0 Å². The molecule has 0 aromatic heterocycles. The fourth-order valence-corrected chi connectivity index (χ4v) is 2.76. The Kier molecular flexibility index (Phi) is 3.34. The van der Waals surface area contributed by atoms with Gasteiger partial charge in [-0.1, -0.05) is 23.7 Å². The Morgan fingerprint density at radius 3 is 2.68 bits per heavy atom. The molecule has 19 heavy (non-hydrogen) atoms. The number of hydrogen-bond acceptors (Lipinski definition) is 2. The molecule has 3 rings (SSSR count). The zero-order valence-corrected chi connectivity index (χ0v) is 11.4. The molecule has 1 aliphatic rings. The zero-order valence-electron chi connectivity index (χ0n) is 10.6. The maximum Gasteiger partial charge on any atom is 0.116 e. The number of hydrogen-bond donors (Lipinski definition) is 1. The highest BCUT2D eigenvalue weighted by atomic mass is 35.5. The fraction of sp³-hybridized carbons (Fsp3) is 0.250. The molecule has 3 heteroatoms. The van der Waals surface area contributed by atoms with Gasteiger partial charge in [0.1, 0.15) is 5.75 Å². The van der Waals surface area contributed by atoms with E-state index < -0.39 is 0 Å². The molecule has 0 fully saturated rings. The van der Waals surface area contributed by atoms with Crippen molar-refractivity contribution in [2.75, 3.05) is 11.4 Å². The molecule has 2 aromatic carbocycles. The van der Waals surface area contributed by atoms with Crippen molar-refractivity contribution < 1.29 is 5.11 Å². The van der Waals surface area contributed by atoms with Crippen molar-refractivity contribution in [1.82, 2.24) is 0 Å². The number of phenols is 1. The smallest absolute Gasteiger partial charge is 0.116 e. The molecule has 0 aliphatic carbocycles. The fourth-order valence-electron chi connectivity index (χ4n) is 2.64. The van der Waals surface area contributed by atoms with Crippen LogP contribution in [-0.2, 0) is 13.0 Å². The maximum atomic E-state index is 9.56. The van der Waals surface area contributed by atoms with Gasteiger partial charge in [0.15, 0.2) is 0 Å². The van der Waals surface area contributed by atoms with E-state index in [-0.39, 0.29) is 0 Å². The van der Waals surface area contributed by atoms with Gasteiger partial charge in [-0.3, -0.25) is 0 Å². The second kappa shape index (κ2) is 5.14. The number of nitrogens with zero attached hydrogens (tertiary/aromatic N) is 1. The van der Waals surface area contributed by atoms with Crippen LogP contribution in [0.1, 0.15) is 17.5 Å². The maximum absolute atomic E-state index is 9.56. The quantitative estimate of drug-likeness (QED) is 0.894. The van der Waals surface area contributed by atoms with Crippen molar-refractivity contribution in [3.63, 3.8) is 0 Å². The number of rotatable bonds is 2. The summed E-state index contributed by atoms with van der Waals surface area (Å²) in [5.74, 6) is 0.354. The van der Waals surface area contributed by atoms with E-state index in [1.54, 1.807) is 6.07 Å². The second-order valence-electron chi connectivity index (χ2n) is 4.96. The molecule has 1 heterocycles. The summed E-state index contributed by atoms with van der Waals surface area (Å²) in [5.41, 5.74) is 3.73. The first kappa shape index (κ1) is 12.4. The summed E-state index contributed by atoms with van der Waals surface area (Å²) in [5, 5.41) is 10.3. The lowest BCUT2D eigenvalue weighted by molar-refractivity contribution is 0.474. The molecule has 1 aliphatic heterocycles. The minimum absolute atomic E-state index is 0.354. The molecular weight excluding hydrogens is 258 g/mol. The number of benzene rings is 2. The van der Waals surface area contributed by atoms with Gasteiger partial charge >= 0.3 is 0 Å². The Hall–Kier alpha value is -1.67. The predicted molar refractivity (Wildman–Crippen MR) is 78.9 cm³/mol. The molecule has 0 atom stereocenters. The number of halogens is 1. The summed E-state index contributed by atoms with van der Waals surface area (Å²) in [6.07, 6.45) is 2.17. The van der Waals surface area contributed by atoms with Crippen LogP contribution in [0.5, 0.6) is 5.75 Å². The van der Waals surface area contributed by atoms with E-state index in [1.165, 1.54) is 16.8 Å². The molecule has 2 nitrogen and oxygen atoms in total. The van der Waals surface area contributed by atoms with Crippen LogP contribution in [-0.4, -0.2) is 11.7 Å². The minimum Gasteiger partial charge on any atom is -0.508 e. The molecule has 0 saturated heterocycles. The van der Waals surface area contributed by atoms with E-state index in [9.17, 15) is 5.11 Å². The highest BCUT2D eigenvalue weighted by molar-refractivity contribution is 6.30. The van der Waals surface area contributed by atoms with E-state index in [0.29, 0.717) is 5.75 Å². The van der Waals surface area contributed by atoms with Crippen molar-refractivity contribution in [2.45, 2.75) is 19.4 Å². The second-order valence-corrected chi connectivity index (χ2v) is 5.40. The normalized spacial score (nSPS) is 14.3. The van der Waals surface area contributed by atoms with Crippen molar-refractivity contribution in [2.24, 2.45) is 0 Å². The summed E-state index contributed by atoms with van der Waals surface area (Å²) in [7, 11) is 0. The van der Waals surface area contributed by atoms with E-state index >= 15 is 0 Å². The van der Waals surface area contributed by atoms with Crippen LogP contribution in [0.25, 0.3) is 0 Å². The molecule has 1 N–H and O–H groups in total. The lowest BCUT2D eigenvalue weighted by Crippen LogP contribution is -2.28. The lowest BCUT2D eigenvalue weighted by atomic mass is 10.0. The van der Waals surface area contributed by atoms with E-state index in [2.05, 4.69) is 17.0 Å². The summed E-state index contributed by atoms with van der Waals surface area (Å²) < 4.78 is 0. The molecular formula is C16H16ClNO. The van der Waals surface area contributed by atoms with Gasteiger partial charge in [-0.2, -0.15) is 0 Å². The van der Waals surface area contributed by atoms with Gasteiger partial charge in [0, 0.05) is 23.8 Å². The van der Waals surface area contributed by atoms with Crippen LogP contribution in [0.2, 0.25) is 5.02 Å². The van der Waals surface area contributed by atoms with Crippen molar-refractivity contribution in [1.29, 1.82) is 0 Å². The minimum atomic E-state index is 0.354. The van der Waals surface area contributed by atoms with Crippen LogP contribution in [0, 0.1) is 0 Å². The first-order valence-electron chi connectivity index (χ1n) is 6.54. The Morgan fingerprint density at radius 1 is 1.11 bits per heavy atom. The van der Waals surface area contributed by atoms with Gasteiger partial charge in [0.25, 0.3) is 0 Å². The van der Waals surface area contributed by atoms with E-state index in [1.807, 2.05) is 24.3 Å². The standard InChI is InChI=1S/C16H16ClNO/c17-14-5-3-12(4-6-14)11-18-9-1-2-13-10-15(19)7-8-16(13)18/h3-8,10,19H,1-2,9,11H2. The molecule has 0 radical (unpaired) electrons. The Labute approximate surface area is 118 Å². The Bertz CT molecular complexity index is 580. The van der Waals surface area contributed by atoms with Gasteiger partial charge in [-0.25, -0.2) is 0 Å². The van der Waals surface area contributed by atoms with Crippen LogP contribution in [0.3, 0.4) is 0 Å². The first-order valence-corrected chi connectivity index (χ1v) is 6.91. The van der Waals surface area contributed by atoms with Crippen LogP contribution >= 0.6 is 11.6 Å². The highest BCUT2D eigenvalue weighted by Gasteiger charge is 2.17. The zero-order chi connectivity index (χ0) is 13.2. The van der Waals surface area contributed by atoms with Gasteiger partial charge in [0.2, 0.25) is 0 Å². The Balaban J connectivity index is 1.85. The predicted octanol–water partition coefficient (Wildman–Crippen LogP) is 4.00. The molecule has 0 saturated carbocycles. The lowest BCUT2D eigenvalue weighted by Gasteiger charge is -2.31. The van der Waals surface area contributed by atoms with Gasteiger partial charge in [0.05, 0.1) is 0 Å². The highest BCUT2D eigenvalue weighted by Crippen LogP contribution is 2.31. The van der Waals surface area contributed by atoms with Gasteiger partial charge in [-0.05, 0) is 54.3 Å². The summed E-state index contributed by atoms with van der Waals surface area (Å²) in [6, 6.07) is 13.6. The third kappa shape index (κ3) is 2.69. The first-order chi connectivity index (χ1) is 9.22. The molecule has 0 spiro atoms. The number of phenolic OH excluding ortho intramolecular Hbond substituents is 1. The monoisotopic (exact) mass is 273 g/mol. The molecule has 2 aromatic rings. The van der Waals surface area contributed by atoms with Crippen molar-refractivity contribution in [3.8, 4) is 5.75 Å². The largest absolute Gasteiger partial charge is 0.508 e. The number of aromatic hydroxyl groups is 1. The van der Waals surface area contributed by atoms with Crippen molar-refractivity contribution >= 4 is 17.3 Å². The number of fused-ring (bicyclic) bond motifs is 1. The van der Waals surface area contributed by atoms with Crippen LogP contribution in [0.4, 0.5) is 5.69 Å².